The van der Waals surface area contributed by atoms with Crippen LogP contribution < -0.4 is 5.73 Å². The first kappa shape index (κ1) is 35.8. The number of hydrogen-bond acceptors (Lipinski definition) is 6. The van der Waals surface area contributed by atoms with Crippen molar-refractivity contribution in [2.75, 3.05) is 51.6 Å². The van der Waals surface area contributed by atoms with Crippen molar-refractivity contribution < 1.29 is 14.3 Å². The maximum absolute atomic E-state index is 13.8. The number of likely N-dealkylation sites (tertiary alicyclic amines) is 1. The molecule has 3 aromatic carbocycles. The van der Waals surface area contributed by atoms with E-state index in [1.54, 1.807) is 23.9 Å². The topological polar surface area (TPSA) is 73.0 Å². The maximum atomic E-state index is 13.8. The average Bonchev–Trinajstić information content (AvgIpc) is 3.01. The Bertz CT molecular complexity index is 1430. The van der Waals surface area contributed by atoms with E-state index in [4.69, 9.17) is 28.9 Å². The Labute approximate surface area is 286 Å². The Hall–Kier alpha value is -2.04. The second-order valence-corrected chi connectivity index (χ2v) is 13.9. The molecule has 2 saturated heterocycles. The average molecular weight is 696 g/mol. The van der Waals surface area contributed by atoms with Crippen molar-refractivity contribution in [3.05, 3.63) is 81.6 Å². The molecule has 0 radical (unpaired) electrons. The van der Waals surface area contributed by atoms with Crippen molar-refractivity contribution in [1.82, 2.24) is 14.7 Å². The van der Waals surface area contributed by atoms with Crippen LogP contribution >= 0.6 is 47.4 Å². The highest BCUT2D eigenvalue weighted by Crippen LogP contribution is 2.32. The van der Waals surface area contributed by atoms with E-state index in [2.05, 4.69) is 16.7 Å². The summed E-state index contributed by atoms with van der Waals surface area (Å²) in [7, 11) is 0. The SMILES string of the molecule is CCSc1cc(F)ccc1CN1CCN(C(=O)C(N)C2CCN(CCc3cc(Cl)ccc3-c3cc(O)cc(Cl)c3)CC2)CC1.Cl. The van der Waals surface area contributed by atoms with Gasteiger partial charge < -0.3 is 20.6 Å². The Morgan fingerprint density at radius 3 is 2.38 bits per heavy atom. The fourth-order valence-corrected chi connectivity index (χ4v) is 7.57. The number of thioether (sulfide) groups is 1. The minimum Gasteiger partial charge on any atom is -0.508 e. The lowest BCUT2D eigenvalue weighted by Gasteiger charge is -2.39. The summed E-state index contributed by atoms with van der Waals surface area (Å²) in [6, 6.07) is 15.5. The van der Waals surface area contributed by atoms with Gasteiger partial charge in [0.1, 0.15) is 11.6 Å². The van der Waals surface area contributed by atoms with Crippen LogP contribution in [0.3, 0.4) is 0 Å². The summed E-state index contributed by atoms with van der Waals surface area (Å²) in [5.74, 6) is 1.05. The normalized spacial score (nSPS) is 17.2. The minimum absolute atomic E-state index is 0. The number of hydrogen-bond donors (Lipinski definition) is 2. The lowest BCUT2D eigenvalue weighted by Crippen LogP contribution is -2.55. The van der Waals surface area contributed by atoms with E-state index < -0.39 is 6.04 Å². The first-order valence-electron chi connectivity index (χ1n) is 15.4. The number of carbonyl (C=O) groups is 1. The zero-order valence-electron chi connectivity index (χ0n) is 25.6. The molecule has 0 aliphatic carbocycles. The van der Waals surface area contributed by atoms with Gasteiger partial charge in [-0.05, 0) is 109 Å². The largest absolute Gasteiger partial charge is 0.508 e. The molecule has 0 aromatic heterocycles. The van der Waals surface area contributed by atoms with E-state index in [1.165, 1.54) is 12.1 Å². The molecule has 2 aliphatic heterocycles. The van der Waals surface area contributed by atoms with Gasteiger partial charge in [0.2, 0.25) is 5.91 Å². The van der Waals surface area contributed by atoms with Crippen molar-refractivity contribution in [1.29, 1.82) is 0 Å². The summed E-state index contributed by atoms with van der Waals surface area (Å²) in [6.45, 7) is 8.37. The van der Waals surface area contributed by atoms with E-state index in [9.17, 15) is 14.3 Å². The van der Waals surface area contributed by atoms with Crippen molar-refractivity contribution >= 4 is 53.3 Å². The third kappa shape index (κ3) is 9.50. The number of phenols is 1. The van der Waals surface area contributed by atoms with Gasteiger partial charge in [-0.15, -0.1) is 24.2 Å². The summed E-state index contributed by atoms with van der Waals surface area (Å²) in [4.78, 5) is 21.0. The van der Waals surface area contributed by atoms with Crippen LogP contribution in [0.2, 0.25) is 10.0 Å². The summed E-state index contributed by atoms with van der Waals surface area (Å²) in [5, 5.41) is 11.2. The predicted octanol–water partition coefficient (Wildman–Crippen LogP) is 6.97. The second-order valence-electron chi connectivity index (χ2n) is 11.7. The monoisotopic (exact) mass is 694 g/mol. The van der Waals surface area contributed by atoms with Gasteiger partial charge in [-0.2, -0.15) is 0 Å². The molecule has 11 heteroatoms. The molecule has 2 aliphatic rings. The van der Waals surface area contributed by atoms with Gasteiger partial charge in [-0.1, -0.05) is 42.3 Å². The smallest absolute Gasteiger partial charge is 0.239 e. The summed E-state index contributed by atoms with van der Waals surface area (Å²) in [5.41, 5.74) is 10.7. The molecule has 0 spiro atoms. The fourth-order valence-electron chi connectivity index (χ4n) is 6.32. The number of amides is 1. The number of carbonyl (C=O) groups excluding carboxylic acids is 1. The summed E-state index contributed by atoms with van der Waals surface area (Å²) < 4.78 is 13.8. The number of benzene rings is 3. The molecule has 45 heavy (non-hydrogen) atoms. The van der Waals surface area contributed by atoms with Gasteiger partial charge in [0.25, 0.3) is 0 Å². The van der Waals surface area contributed by atoms with Crippen LogP contribution in [0.5, 0.6) is 5.75 Å². The van der Waals surface area contributed by atoms with Crippen LogP contribution in [0.4, 0.5) is 4.39 Å². The van der Waals surface area contributed by atoms with E-state index in [0.717, 1.165) is 91.4 Å². The number of nitrogens with two attached hydrogens (primary N) is 1. The lowest BCUT2D eigenvalue weighted by atomic mass is 9.88. The number of piperidine rings is 1. The third-order valence-corrected chi connectivity index (χ3v) is 10.2. The van der Waals surface area contributed by atoms with Gasteiger partial charge >= 0.3 is 0 Å². The quantitative estimate of drug-likeness (QED) is 0.224. The Balaban J connectivity index is 0.00000461. The standard InChI is InChI=1S/C34H41Cl2FN4O2S.ClH/c1-2-44-32-21-29(37)5-3-25(32)22-40-13-15-41(16-14-40)34(43)33(38)23-7-10-39(11-8-23)12-9-24-17-27(35)4-6-31(24)26-18-28(36)20-30(42)19-26;/h3-6,17-21,23,33,42H,2,7-16,22,38H2,1H3;1H. The molecule has 2 heterocycles. The van der Waals surface area contributed by atoms with Crippen molar-refractivity contribution in [2.45, 2.75) is 43.7 Å². The van der Waals surface area contributed by atoms with E-state index in [-0.39, 0.29) is 35.8 Å². The molecule has 1 atom stereocenters. The van der Waals surface area contributed by atoms with Crippen molar-refractivity contribution in [3.8, 4) is 16.9 Å². The zero-order valence-corrected chi connectivity index (χ0v) is 28.7. The minimum atomic E-state index is -0.483. The fraction of sp³-hybridized carbons (Fsp3) is 0.441. The lowest BCUT2D eigenvalue weighted by molar-refractivity contribution is -0.136. The second kappa shape index (κ2) is 16.7. The van der Waals surface area contributed by atoms with Gasteiger partial charge in [0.05, 0.1) is 6.04 Å². The third-order valence-electron chi connectivity index (χ3n) is 8.79. The Morgan fingerprint density at radius 1 is 0.956 bits per heavy atom. The van der Waals surface area contributed by atoms with Gasteiger partial charge in [-0.3, -0.25) is 9.69 Å². The predicted molar refractivity (Wildman–Crippen MR) is 186 cm³/mol. The summed E-state index contributed by atoms with van der Waals surface area (Å²) in [6.07, 6.45) is 2.58. The van der Waals surface area contributed by atoms with Crippen LogP contribution in [0, 0.1) is 11.7 Å². The molecule has 0 bridgehead atoms. The molecule has 1 amide bonds. The molecular weight excluding hydrogens is 654 g/mol. The molecule has 1 unspecified atom stereocenters. The van der Waals surface area contributed by atoms with Crippen LogP contribution in [0.25, 0.3) is 11.1 Å². The molecule has 244 valence electrons. The first-order chi connectivity index (χ1) is 21.2. The molecule has 3 aromatic rings. The number of halogens is 4. The maximum Gasteiger partial charge on any atom is 0.239 e. The van der Waals surface area contributed by atoms with Crippen LogP contribution in [-0.2, 0) is 17.8 Å². The summed E-state index contributed by atoms with van der Waals surface area (Å²) >= 11 is 14.2. The number of rotatable bonds is 10. The van der Waals surface area contributed by atoms with Gasteiger partial charge in [0.15, 0.2) is 0 Å². The van der Waals surface area contributed by atoms with Crippen molar-refractivity contribution in [3.63, 3.8) is 0 Å². The van der Waals surface area contributed by atoms with Crippen LogP contribution in [0.1, 0.15) is 30.9 Å². The number of piperazine rings is 1. The van der Waals surface area contributed by atoms with Gasteiger partial charge in [0, 0.05) is 54.2 Å². The van der Waals surface area contributed by atoms with Gasteiger partial charge in [-0.25, -0.2) is 4.39 Å². The highest BCUT2D eigenvalue weighted by atomic mass is 35.5. The van der Waals surface area contributed by atoms with Crippen molar-refractivity contribution in [2.24, 2.45) is 11.7 Å². The number of phenolic OH excluding ortho intramolecular Hbond substituents is 1. The highest BCUT2D eigenvalue weighted by molar-refractivity contribution is 7.99. The molecule has 0 saturated carbocycles. The molecule has 2 fully saturated rings. The van der Waals surface area contributed by atoms with Crippen LogP contribution in [-0.4, -0.2) is 83.3 Å². The molecule has 5 rings (SSSR count). The molecule has 6 nitrogen and oxygen atoms in total. The molecular formula is C34H42Cl3FN4O2S. The highest BCUT2D eigenvalue weighted by Gasteiger charge is 2.33. The van der Waals surface area contributed by atoms with Crippen LogP contribution in [0.15, 0.2) is 59.5 Å². The van der Waals surface area contributed by atoms with E-state index >= 15 is 0 Å². The Morgan fingerprint density at radius 2 is 1.69 bits per heavy atom. The number of nitrogens with zero attached hydrogens (tertiary/aromatic N) is 3. The molecule has 3 N–H and O–H groups in total. The number of aromatic hydroxyl groups is 1. The Kier molecular flexibility index (Phi) is 13.3. The van der Waals surface area contributed by atoms with E-state index in [0.29, 0.717) is 23.1 Å². The van der Waals surface area contributed by atoms with E-state index in [1.807, 2.05) is 35.2 Å². The first-order valence-corrected chi connectivity index (χ1v) is 17.1. The zero-order chi connectivity index (χ0) is 31.2.